The number of nitrogens with one attached hydrogen (secondary N) is 1. The summed E-state index contributed by atoms with van der Waals surface area (Å²) in [7, 11) is 0. The Labute approximate surface area is 192 Å². The normalized spacial score (nSPS) is 12.0. The maximum Gasteiger partial charge on any atom is 0.417 e. The van der Waals surface area contributed by atoms with Crippen molar-refractivity contribution in [3.8, 4) is 10.6 Å². The van der Waals surface area contributed by atoms with Crippen LogP contribution in [0.15, 0.2) is 47.0 Å². The van der Waals surface area contributed by atoms with Crippen LogP contribution >= 0.6 is 11.3 Å². The number of hydrogen-bond acceptors (Lipinski definition) is 5. The molecule has 0 aliphatic rings. The van der Waals surface area contributed by atoms with Gasteiger partial charge in [0.25, 0.3) is 0 Å². The van der Waals surface area contributed by atoms with Crippen molar-refractivity contribution < 1.29 is 22.5 Å². The van der Waals surface area contributed by atoms with Gasteiger partial charge < -0.3 is 9.84 Å². The van der Waals surface area contributed by atoms with E-state index >= 15 is 0 Å². The molecular weight excluding hydrogens is 451 g/mol. The van der Waals surface area contributed by atoms with E-state index < -0.39 is 11.7 Å². The van der Waals surface area contributed by atoms with E-state index in [1.54, 1.807) is 18.2 Å². The third-order valence-corrected chi connectivity index (χ3v) is 6.36. The Morgan fingerprint density at radius 1 is 1.15 bits per heavy atom. The molecule has 9 heteroatoms. The molecule has 2 aromatic heterocycles. The molecule has 0 aliphatic carbocycles. The molecule has 0 bridgehead atoms. The highest BCUT2D eigenvalue weighted by molar-refractivity contribution is 7.15. The summed E-state index contributed by atoms with van der Waals surface area (Å²) >= 11 is 1.29. The van der Waals surface area contributed by atoms with E-state index in [-0.39, 0.29) is 17.4 Å². The zero-order chi connectivity index (χ0) is 23.8. The van der Waals surface area contributed by atoms with Crippen LogP contribution in [0.2, 0.25) is 0 Å². The van der Waals surface area contributed by atoms with Gasteiger partial charge in [0.15, 0.2) is 5.58 Å². The molecule has 4 aromatic rings. The predicted octanol–water partition coefficient (Wildman–Crippen LogP) is 6.84. The Kier molecular flexibility index (Phi) is 6.25. The van der Waals surface area contributed by atoms with Crippen molar-refractivity contribution in [2.45, 2.75) is 45.7 Å². The minimum absolute atomic E-state index is 0.0670. The summed E-state index contributed by atoms with van der Waals surface area (Å²) in [5, 5.41) is 8.07. The number of carbonyl (C=O) groups is 1. The summed E-state index contributed by atoms with van der Waals surface area (Å²) < 4.78 is 46.0. The molecule has 0 saturated carbocycles. The number of hydrogen-bond donors (Lipinski definition) is 1. The van der Waals surface area contributed by atoms with Crippen LogP contribution in [-0.2, 0) is 23.8 Å². The third-order valence-electron chi connectivity index (χ3n) is 5.19. The van der Waals surface area contributed by atoms with E-state index in [0.717, 1.165) is 27.7 Å². The standard InChI is InChI=1S/C24H22F3N3O2S/c1-13(2)22-21(33-23(29-22)16-6-4-5-7-18(16)24(25,26)27)11-10-19-17-9-8-15(28-14(3)31)12-20(17)32-30-19/h4-9,12-13H,10-11H2,1-3H3,(H,28,31). The smallest absolute Gasteiger partial charge is 0.356 e. The SMILES string of the molecule is CC(=O)Nc1ccc2c(CCc3sc(-c4ccccc4C(F)(F)F)nc3C(C)C)noc2c1. The van der Waals surface area contributed by atoms with Crippen LogP contribution in [0, 0.1) is 0 Å². The molecule has 4 rings (SSSR count). The Morgan fingerprint density at radius 2 is 1.91 bits per heavy atom. The van der Waals surface area contributed by atoms with Gasteiger partial charge in [0.05, 0.1) is 17.0 Å². The zero-order valence-electron chi connectivity index (χ0n) is 18.3. The second-order valence-corrected chi connectivity index (χ2v) is 9.13. The van der Waals surface area contributed by atoms with Crippen molar-refractivity contribution in [1.29, 1.82) is 0 Å². The van der Waals surface area contributed by atoms with Gasteiger partial charge in [0.1, 0.15) is 5.01 Å². The fourth-order valence-corrected chi connectivity index (χ4v) is 4.96. The quantitative estimate of drug-likeness (QED) is 0.333. The van der Waals surface area contributed by atoms with Gasteiger partial charge in [-0.2, -0.15) is 13.2 Å². The topological polar surface area (TPSA) is 68.0 Å². The predicted molar refractivity (Wildman–Crippen MR) is 122 cm³/mol. The van der Waals surface area contributed by atoms with E-state index in [2.05, 4.69) is 15.5 Å². The van der Waals surface area contributed by atoms with E-state index in [1.807, 2.05) is 19.9 Å². The van der Waals surface area contributed by atoms with Crippen molar-refractivity contribution >= 4 is 33.9 Å². The van der Waals surface area contributed by atoms with Crippen molar-refractivity contribution in [3.05, 3.63) is 64.3 Å². The van der Waals surface area contributed by atoms with Crippen LogP contribution < -0.4 is 5.32 Å². The van der Waals surface area contributed by atoms with Crippen LogP contribution in [0.3, 0.4) is 0 Å². The molecule has 0 unspecified atom stereocenters. The number of thiazole rings is 1. The number of fused-ring (bicyclic) bond motifs is 1. The van der Waals surface area contributed by atoms with Crippen LogP contribution in [0.5, 0.6) is 0 Å². The van der Waals surface area contributed by atoms with Gasteiger partial charge in [0, 0.05) is 34.5 Å². The number of benzene rings is 2. The number of rotatable bonds is 6. The van der Waals surface area contributed by atoms with Gasteiger partial charge in [-0.05, 0) is 37.0 Å². The molecular formula is C24H22F3N3O2S. The van der Waals surface area contributed by atoms with Crippen LogP contribution in [0.4, 0.5) is 18.9 Å². The second-order valence-electron chi connectivity index (χ2n) is 8.05. The maximum absolute atomic E-state index is 13.5. The number of aromatic nitrogens is 2. The van der Waals surface area contributed by atoms with Crippen LogP contribution in [-0.4, -0.2) is 16.0 Å². The number of halogens is 3. The highest BCUT2D eigenvalue weighted by Gasteiger charge is 2.34. The van der Waals surface area contributed by atoms with Crippen LogP contribution in [0.25, 0.3) is 21.5 Å². The molecule has 33 heavy (non-hydrogen) atoms. The summed E-state index contributed by atoms with van der Waals surface area (Å²) in [4.78, 5) is 16.8. The molecule has 1 amide bonds. The van der Waals surface area contributed by atoms with Crippen molar-refractivity contribution in [2.24, 2.45) is 0 Å². The first-order valence-corrected chi connectivity index (χ1v) is 11.3. The highest BCUT2D eigenvalue weighted by Crippen LogP contribution is 2.40. The number of aryl methyl sites for hydroxylation is 2. The highest BCUT2D eigenvalue weighted by atomic mass is 32.1. The number of amides is 1. The average molecular weight is 474 g/mol. The van der Waals surface area contributed by atoms with Gasteiger partial charge in [-0.25, -0.2) is 4.98 Å². The largest absolute Gasteiger partial charge is 0.417 e. The molecule has 5 nitrogen and oxygen atoms in total. The number of carbonyl (C=O) groups excluding carboxylic acids is 1. The minimum atomic E-state index is -4.45. The lowest BCUT2D eigenvalue weighted by atomic mass is 10.0. The lowest BCUT2D eigenvalue weighted by Crippen LogP contribution is -2.06. The number of nitrogens with zero attached hydrogens (tertiary/aromatic N) is 2. The first kappa shape index (κ1) is 23.0. The van der Waals surface area contributed by atoms with Gasteiger partial charge in [0.2, 0.25) is 5.91 Å². The fraction of sp³-hybridized carbons (Fsp3) is 0.292. The summed E-state index contributed by atoms with van der Waals surface area (Å²) in [6.45, 7) is 5.39. The van der Waals surface area contributed by atoms with Crippen molar-refractivity contribution in [1.82, 2.24) is 10.1 Å². The molecule has 0 fully saturated rings. The molecule has 0 saturated heterocycles. The molecule has 0 radical (unpaired) electrons. The van der Waals surface area contributed by atoms with Gasteiger partial charge >= 0.3 is 6.18 Å². The lowest BCUT2D eigenvalue weighted by Gasteiger charge is -2.10. The van der Waals surface area contributed by atoms with Gasteiger partial charge in [-0.1, -0.05) is 37.2 Å². The van der Waals surface area contributed by atoms with Gasteiger partial charge in [-0.3, -0.25) is 4.79 Å². The Hall–Kier alpha value is -3.20. The molecule has 2 heterocycles. The van der Waals surface area contributed by atoms with Crippen molar-refractivity contribution in [2.75, 3.05) is 5.32 Å². The summed E-state index contributed by atoms with van der Waals surface area (Å²) in [6.07, 6.45) is -3.32. The summed E-state index contributed by atoms with van der Waals surface area (Å²) in [5.41, 5.74) is 2.14. The van der Waals surface area contributed by atoms with Gasteiger partial charge in [-0.15, -0.1) is 11.3 Å². The lowest BCUT2D eigenvalue weighted by molar-refractivity contribution is -0.137. The summed E-state index contributed by atoms with van der Waals surface area (Å²) in [5.74, 6) is -0.110. The average Bonchev–Trinajstić information content (AvgIpc) is 3.35. The fourth-order valence-electron chi connectivity index (χ4n) is 3.71. The second kappa shape index (κ2) is 8.97. The number of anilines is 1. The first-order chi connectivity index (χ1) is 15.6. The van der Waals surface area contributed by atoms with E-state index in [1.165, 1.54) is 30.4 Å². The first-order valence-electron chi connectivity index (χ1n) is 10.5. The maximum atomic E-state index is 13.5. The molecule has 2 aromatic carbocycles. The van der Waals surface area contributed by atoms with E-state index in [9.17, 15) is 18.0 Å². The van der Waals surface area contributed by atoms with Crippen LogP contribution in [0.1, 0.15) is 48.5 Å². The third kappa shape index (κ3) is 4.93. The monoisotopic (exact) mass is 473 g/mol. The molecule has 0 aliphatic heterocycles. The Bertz CT molecular complexity index is 1310. The minimum Gasteiger partial charge on any atom is -0.356 e. The summed E-state index contributed by atoms with van der Waals surface area (Å²) in [6, 6.07) is 10.9. The zero-order valence-corrected chi connectivity index (χ0v) is 19.1. The molecule has 0 spiro atoms. The Morgan fingerprint density at radius 3 is 2.61 bits per heavy atom. The molecule has 172 valence electrons. The van der Waals surface area contributed by atoms with E-state index in [4.69, 9.17) is 4.52 Å². The number of alkyl halides is 3. The van der Waals surface area contributed by atoms with Crippen molar-refractivity contribution in [3.63, 3.8) is 0 Å². The molecule has 1 N–H and O–H groups in total. The Balaban J connectivity index is 1.62. The molecule has 0 atom stereocenters. The van der Waals surface area contributed by atoms with E-state index in [0.29, 0.717) is 29.1 Å².